The summed E-state index contributed by atoms with van der Waals surface area (Å²) in [6.07, 6.45) is 6.28. The van der Waals surface area contributed by atoms with E-state index in [9.17, 15) is 9.59 Å². The summed E-state index contributed by atoms with van der Waals surface area (Å²) < 4.78 is 0. The van der Waals surface area contributed by atoms with E-state index in [4.69, 9.17) is 5.11 Å². The van der Waals surface area contributed by atoms with Gasteiger partial charge in [0.1, 0.15) is 6.04 Å². The van der Waals surface area contributed by atoms with Gasteiger partial charge in [-0.05, 0) is 32.2 Å². The molecule has 1 atom stereocenters. The molecule has 116 valence electrons. The largest absolute Gasteiger partial charge is 0.480 e. The molecule has 0 heterocycles. The van der Waals surface area contributed by atoms with Crippen LogP contribution in [0.2, 0.25) is 0 Å². The lowest BCUT2D eigenvalue weighted by molar-refractivity contribution is -0.142. The molecular formula is C15H28N2O3. The second kappa shape index (κ2) is 7.62. The topological polar surface area (TPSA) is 78.4 Å². The second-order valence-electron chi connectivity index (χ2n) is 6.36. The summed E-state index contributed by atoms with van der Waals surface area (Å²) in [5.74, 6) is -0.868. The molecule has 1 saturated carbocycles. The fourth-order valence-electron chi connectivity index (χ4n) is 2.99. The molecule has 20 heavy (non-hydrogen) atoms. The summed E-state index contributed by atoms with van der Waals surface area (Å²) in [6, 6.07) is -0.778. The molecule has 3 N–H and O–H groups in total. The lowest BCUT2D eigenvalue weighted by atomic mass is 9.79. The van der Waals surface area contributed by atoms with Crippen molar-refractivity contribution in [2.75, 3.05) is 7.05 Å². The number of carbonyl (C=O) groups excluding carboxylic acids is 1. The summed E-state index contributed by atoms with van der Waals surface area (Å²) >= 11 is 0. The summed E-state index contributed by atoms with van der Waals surface area (Å²) in [4.78, 5) is 23.3. The standard InChI is InChI=1S/C15H28N2O3/c1-11(2)9-12(14(19)20)17-13(18)10-15(16-3)7-5-4-6-8-15/h11-12,16H,4-10H2,1-3H3,(H,17,18)(H,19,20)/t12-/m1/s1. The Morgan fingerprint density at radius 3 is 2.25 bits per heavy atom. The van der Waals surface area contributed by atoms with Crippen LogP contribution in [0.5, 0.6) is 0 Å². The Morgan fingerprint density at radius 1 is 1.20 bits per heavy atom. The maximum atomic E-state index is 12.2. The van der Waals surface area contributed by atoms with Gasteiger partial charge in [-0.2, -0.15) is 0 Å². The van der Waals surface area contributed by atoms with Crippen molar-refractivity contribution in [3.8, 4) is 0 Å². The minimum Gasteiger partial charge on any atom is -0.480 e. The molecule has 0 bridgehead atoms. The molecule has 5 nitrogen and oxygen atoms in total. The minimum absolute atomic E-state index is 0.150. The quantitative estimate of drug-likeness (QED) is 0.667. The normalized spacial score (nSPS) is 19.6. The van der Waals surface area contributed by atoms with Gasteiger partial charge >= 0.3 is 5.97 Å². The number of nitrogens with one attached hydrogen (secondary N) is 2. The van der Waals surface area contributed by atoms with Crippen molar-refractivity contribution >= 4 is 11.9 Å². The highest BCUT2D eigenvalue weighted by atomic mass is 16.4. The number of carbonyl (C=O) groups is 2. The van der Waals surface area contributed by atoms with Crippen LogP contribution in [0.25, 0.3) is 0 Å². The maximum absolute atomic E-state index is 12.2. The molecule has 1 amide bonds. The number of rotatable bonds is 7. The van der Waals surface area contributed by atoms with Crippen molar-refractivity contribution in [2.45, 2.75) is 70.4 Å². The minimum atomic E-state index is -0.950. The highest BCUT2D eigenvalue weighted by molar-refractivity contribution is 5.84. The van der Waals surface area contributed by atoms with Gasteiger partial charge < -0.3 is 15.7 Å². The van der Waals surface area contributed by atoms with E-state index in [1.54, 1.807) is 0 Å². The van der Waals surface area contributed by atoms with Gasteiger partial charge in [-0.1, -0.05) is 33.1 Å². The number of aliphatic carboxylic acids is 1. The number of carboxylic acid groups (broad SMARTS) is 1. The third kappa shape index (κ3) is 5.12. The summed E-state index contributed by atoms with van der Waals surface area (Å²) in [7, 11) is 1.89. The number of carboxylic acids is 1. The highest BCUT2D eigenvalue weighted by Gasteiger charge is 2.33. The molecule has 0 saturated heterocycles. The van der Waals surface area contributed by atoms with Gasteiger partial charge in [0, 0.05) is 12.0 Å². The molecule has 0 aromatic rings. The van der Waals surface area contributed by atoms with Crippen molar-refractivity contribution in [3.63, 3.8) is 0 Å². The predicted molar refractivity (Wildman–Crippen MR) is 78.5 cm³/mol. The molecule has 1 fully saturated rings. The number of hydrogen-bond donors (Lipinski definition) is 3. The molecule has 0 spiro atoms. The lowest BCUT2D eigenvalue weighted by Gasteiger charge is -2.37. The van der Waals surface area contributed by atoms with Crippen molar-refractivity contribution < 1.29 is 14.7 Å². The highest BCUT2D eigenvalue weighted by Crippen LogP contribution is 2.30. The van der Waals surface area contributed by atoms with E-state index >= 15 is 0 Å². The zero-order chi connectivity index (χ0) is 15.2. The molecule has 5 heteroatoms. The lowest BCUT2D eigenvalue weighted by Crippen LogP contribution is -2.50. The van der Waals surface area contributed by atoms with Crippen LogP contribution in [-0.2, 0) is 9.59 Å². The average molecular weight is 284 g/mol. The van der Waals surface area contributed by atoms with Gasteiger partial charge in [-0.15, -0.1) is 0 Å². The van der Waals surface area contributed by atoms with Crippen LogP contribution in [0, 0.1) is 5.92 Å². The summed E-state index contributed by atoms with van der Waals surface area (Å²) in [5.41, 5.74) is -0.150. The molecule has 0 aromatic heterocycles. The first-order chi connectivity index (χ1) is 9.38. The maximum Gasteiger partial charge on any atom is 0.326 e. The molecule has 0 aliphatic heterocycles. The van der Waals surface area contributed by atoms with E-state index in [0.717, 1.165) is 25.7 Å². The van der Waals surface area contributed by atoms with E-state index < -0.39 is 12.0 Å². The Kier molecular flexibility index (Phi) is 6.46. The molecule has 1 aliphatic carbocycles. The van der Waals surface area contributed by atoms with Crippen LogP contribution >= 0.6 is 0 Å². The Bertz CT molecular complexity index is 336. The van der Waals surface area contributed by atoms with E-state index in [0.29, 0.717) is 12.8 Å². The van der Waals surface area contributed by atoms with Crippen LogP contribution in [0.15, 0.2) is 0 Å². The van der Waals surface area contributed by atoms with Gasteiger partial charge in [0.2, 0.25) is 5.91 Å². The smallest absolute Gasteiger partial charge is 0.326 e. The molecular weight excluding hydrogens is 256 g/mol. The van der Waals surface area contributed by atoms with Gasteiger partial charge in [0.05, 0.1) is 0 Å². The fraction of sp³-hybridized carbons (Fsp3) is 0.867. The average Bonchev–Trinajstić information content (AvgIpc) is 2.38. The van der Waals surface area contributed by atoms with Crippen molar-refractivity contribution in [1.29, 1.82) is 0 Å². The van der Waals surface area contributed by atoms with Crippen LogP contribution in [0.4, 0.5) is 0 Å². The van der Waals surface area contributed by atoms with E-state index in [1.165, 1.54) is 6.42 Å². The molecule has 0 unspecified atom stereocenters. The Balaban J connectivity index is 2.57. The Labute approximate surface area is 121 Å². The first-order valence-electron chi connectivity index (χ1n) is 7.59. The van der Waals surface area contributed by atoms with E-state index in [2.05, 4.69) is 10.6 Å². The van der Waals surface area contributed by atoms with Gasteiger partial charge in [0.15, 0.2) is 0 Å². The second-order valence-corrected chi connectivity index (χ2v) is 6.36. The summed E-state index contributed by atoms with van der Waals surface area (Å²) in [6.45, 7) is 3.91. The van der Waals surface area contributed by atoms with Gasteiger partial charge in [-0.3, -0.25) is 4.79 Å². The van der Waals surface area contributed by atoms with Crippen LogP contribution < -0.4 is 10.6 Å². The van der Waals surface area contributed by atoms with Crippen molar-refractivity contribution in [1.82, 2.24) is 10.6 Å². The fourth-order valence-corrected chi connectivity index (χ4v) is 2.99. The molecule has 1 rings (SSSR count). The van der Waals surface area contributed by atoms with Crippen LogP contribution in [0.3, 0.4) is 0 Å². The molecule has 1 aliphatic rings. The van der Waals surface area contributed by atoms with E-state index in [-0.39, 0.29) is 17.4 Å². The monoisotopic (exact) mass is 284 g/mol. The number of hydrogen-bond acceptors (Lipinski definition) is 3. The van der Waals surface area contributed by atoms with Gasteiger partial charge in [-0.25, -0.2) is 4.79 Å². The van der Waals surface area contributed by atoms with Crippen LogP contribution in [0.1, 0.15) is 58.8 Å². The molecule has 0 aromatic carbocycles. The first-order valence-corrected chi connectivity index (χ1v) is 7.59. The third-order valence-electron chi connectivity index (χ3n) is 4.18. The van der Waals surface area contributed by atoms with E-state index in [1.807, 2.05) is 20.9 Å². The zero-order valence-corrected chi connectivity index (χ0v) is 12.9. The zero-order valence-electron chi connectivity index (χ0n) is 12.9. The third-order valence-corrected chi connectivity index (χ3v) is 4.18. The number of amides is 1. The Hall–Kier alpha value is -1.10. The predicted octanol–water partition coefficient (Wildman–Crippen LogP) is 1.91. The van der Waals surface area contributed by atoms with Crippen molar-refractivity contribution in [2.24, 2.45) is 5.92 Å². The SMILES string of the molecule is CNC1(CC(=O)N[C@H](CC(C)C)C(=O)O)CCCCC1. The Morgan fingerprint density at radius 2 is 1.80 bits per heavy atom. The van der Waals surface area contributed by atoms with Gasteiger partial charge in [0.25, 0.3) is 0 Å². The van der Waals surface area contributed by atoms with Crippen LogP contribution in [-0.4, -0.2) is 35.6 Å². The first kappa shape index (κ1) is 17.0. The summed E-state index contributed by atoms with van der Waals surface area (Å²) in [5, 5.41) is 15.1. The van der Waals surface area contributed by atoms with Crippen molar-refractivity contribution in [3.05, 3.63) is 0 Å². The molecule has 0 radical (unpaired) electrons.